The average Bonchev–Trinajstić information content (AvgIpc) is 2.55. The van der Waals surface area contributed by atoms with Gasteiger partial charge in [0.1, 0.15) is 11.7 Å². The first-order valence-electron chi connectivity index (χ1n) is 7.19. The van der Waals surface area contributed by atoms with Crippen LogP contribution in [0.1, 0.15) is 13.3 Å². The Labute approximate surface area is 126 Å². The molecule has 21 heavy (non-hydrogen) atoms. The largest absolute Gasteiger partial charge is 0.304 e. The van der Waals surface area contributed by atoms with Crippen LogP contribution in [0.25, 0.3) is 0 Å². The standard InChI is InChI=1S/C18H20O2Si/c1-15(13-14-19)18(20)21(2,16-9-5-3-6-10-16)17-11-7-4-8-12-17/h3-12,14-15H,13H2,1-2H3. The maximum Gasteiger partial charge on any atom is 0.190 e. The number of benzene rings is 2. The van der Waals surface area contributed by atoms with E-state index in [1.54, 1.807) is 0 Å². The van der Waals surface area contributed by atoms with Gasteiger partial charge in [-0.25, -0.2) is 0 Å². The topological polar surface area (TPSA) is 34.1 Å². The second-order valence-corrected chi connectivity index (χ2v) is 9.42. The van der Waals surface area contributed by atoms with Gasteiger partial charge in [-0.15, -0.1) is 0 Å². The van der Waals surface area contributed by atoms with Crippen LogP contribution in [0, 0.1) is 5.92 Å². The van der Waals surface area contributed by atoms with Crippen LogP contribution in [-0.4, -0.2) is 19.8 Å². The van der Waals surface area contributed by atoms with Crippen LogP contribution in [0.2, 0.25) is 6.55 Å². The Morgan fingerprint density at radius 3 is 1.81 bits per heavy atom. The maximum atomic E-state index is 13.1. The Hall–Kier alpha value is -2.00. The summed E-state index contributed by atoms with van der Waals surface area (Å²) in [5.41, 5.74) is 0. The second-order valence-electron chi connectivity index (χ2n) is 5.52. The third-order valence-corrected chi connectivity index (χ3v) is 8.55. The molecule has 0 saturated heterocycles. The molecule has 0 N–H and O–H groups in total. The minimum absolute atomic E-state index is 0.215. The Morgan fingerprint density at radius 2 is 1.43 bits per heavy atom. The number of hydrogen-bond donors (Lipinski definition) is 0. The van der Waals surface area contributed by atoms with Crippen molar-refractivity contribution >= 4 is 30.1 Å². The monoisotopic (exact) mass is 296 g/mol. The summed E-state index contributed by atoms with van der Waals surface area (Å²) in [7, 11) is -2.50. The molecule has 108 valence electrons. The zero-order valence-electron chi connectivity index (χ0n) is 12.5. The van der Waals surface area contributed by atoms with Crippen LogP contribution >= 0.6 is 0 Å². The van der Waals surface area contributed by atoms with Crippen LogP contribution in [0.15, 0.2) is 60.7 Å². The third-order valence-electron chi connectivity index (χ3n) is 4.09. The molecule has 2 rings (SSSR count). The van der Waals surface area contributed by atoms with Gasteiger partial charge in [0, 0.05) is 12.3 Å². The fourth-order valence-corrected chi connectivity index (χ4v) is 6.46. The van der Waals surface area contributed by atoms with E-state index in [0.717, 1.165) is 16.7 Å². The van der Waals surface area contributed by atoms with Crippen LogP contribution in [0.5, 0.6) is 0 Å². The van der Waals surface area contributed by atoms with Crippen molar-refractivity contribution in [2.75, 3.05) is 0 Å². The summed E-state index contributed by atoms with van der Waals surface area (Å²) in [6.07, 6.45) is 1.13. The van der Waals surface area contributed by atoms with Crippen molar-refractivity contribution in [2.45, 2.75) is 19.9 Å². The molecule has 0 bridgehead atoms. The summed E-state index contributed by atoms with van der Waals surface area (Å²) in [6.45, 7) is 3.94. The minimum Gasteiger partial charge on any atom is -0.304 e. The number of hydrogen-bond acceptors (Lipinski definition) is 2. The highest BCUT2D eigenvalue weighted by Crippen LogP contribution is 2.14. The van der Waals surface area contributed by atoms with Crippen molar-refractivity contribution in [3.63, 3.8) is 0 Å². The smallest absolute Gasteiger partial charge is 0.190 e. The Morgan fingerprint density at radius 1 is 1.00 bits per heavy atom. The van der Waals surface area contributed by atoms with E-state index in [-0.39, 0.29) is 11.3 Å². The quantitative estimate of drug-likeness (QED) is 0.605. The first-order chi connectivity index (χ1) is 10.1. The number of carbonyl (C=O) groups excluding carboxylic acids is 2. The molecule has 0 aliphatic heterocycles. The molecule has 0 amide bonds. The summed E-state index contributed by atoms with van der Waals surface area (Å²) in [5.74, 6) is -0.237. The van der Waals surface area contributed by atoms with Gasteiger partial charge in [-0.05, 0) is 10.4 Å². The molecule has 0 heterocycles. The molecule has 3 heteroatoms. The van der Waals surface area contributed by atoms with E-state index in [2.05, 4.69) is 6.55 Å². The van der Waals surface area contributed by atoms with E-state index in [9.17, 15) is 9.59 Å². The third kappa shape index (κ3) is 3.03. The van der Waals surface area contributed by atoms with Crippen LogP contribution in [0.3, 0.4) is 0 Å². The number of rotatable bonds is 6. The molecule has 0 fully saturated rings. The molecule has 2 nitrogen and oxygen atoms in total. The molecule has 1 unspecified atom stereocenters. The second kappa shape index (κ2) is 6.63. The van der Waals surface area contributed by atoms with E-state index in [1.807, 2.05) is 67.6 Å². The van der Waals surface area contributed by atoms with Gasteiger partial charge >= 0.3 is 0 Å². The fraction of sp³-hybridized carbons (Fsp3) is 0.222. The molecule has 0 radical (unpaired) electrons. The first kappa shape index (κ1) is 15.4. The van der Waals surface area contributed by atoms with Gasteiger partial charge in [0.2, 0.25) is 0 Å². The highest BCUT2D eigenvalue weighted by atomic mass is 28.3. The average molecular weight is 296 g/mol. The van der Waals surface area contributed by atoms with E-state index in [1.165, 1.54) is 0 Å². The van der Waals surface area contributed by atoms with Crippen molar-refractivity contribution in [2.24, 2.45) is 5.92 Å². The van der Waals surface area contributed by atoms with Crippen molar-refractivity contribution < 1.29 is 9.59 Å². The fourth-order valence-electron chi connectivity index (χ4n) is 2.74. The summed E-state index contributed by atoms with van der Waals surface area (Å²) < 4.78 is 0. The van der Waals surface area contributed by atoms with Crippen molar-refractivity contribution in [1.82, 2.24) is 0 Å². The molecule has 2 aromatic carbocycles. The van der Waals surface area contributed by atoms with Gasteiger partial charge in [0.15, 0.2) is 8.07 Å². The molecule has 0 aromatic heterocycles. The van der Waals surface area contributed by atoms with Crippen molar-refractivity contribution in [1.29, 1.82) is 0 Å². The Bertz CT molecular complexity index is 568. The Kier molecular flexibility index (Phi) is 4.86. The van der Waals surface area contributed by atoms with Gasteiger partial charge in [0.25, 0.3) is 0 Å². The molecule has 0 aliphatic rings. The van der Waals surface area contributed by atoms with Gasteiger partial charge < -0.3 is 9.59 Å². The number of carbonyl (C=O) groups is 2. The van der Waals surface area contributed by atoms with Crippen molar-refractivity contribution in [3.05, 3.63) is 60.7 Å². The summed E-state index contributed by atoms with van der Waals surface area (Å²) in [6, 6.07) is 19.9. The summed E-state index contributed by atoms with van der Waals surface area (Å²) in [4.78, 5) is 23.8. The van der Waals surface area contributed by atoms with Crippen LogP contribution < -0.4 is 10.4 Å². The predicted molar refractivity (Wildman–Crippen MR) is 88.6 cm³/mol. The lowest BCUT2D eigenvalue weighted by Gasteiger charge is -2.29. The molecular formula is C18H20O2Si. The van der Waals surface area contributed by atoms with Gasteiger partial charge in [0.05, 0.1) is 0 Å². The lowest BCUT2D eigenvalue weighted by Crippen LogP contribution is -2.63. The molecule has 0 saturated carbocycles. The molecule has 2 aromatic rings. The van der Waals surface area contributed by atoms with Crippen LogP contribution in [0.4, 0.5) is 0 Å². The summed E-state index contributed by atoms with van der Waals surface area (Å²) in [5, 5.41) is 2.41. The molecular weight excluding hydrogens is 276 g/mol. The van der Waals surface area contributed by atoms with E-state index < -0.39 is 8.07 Å². The SMILES string of the molecule is CC(CC=O)C(=O)[Si](C)(c1ccccc1)c1ccccc1. The lowest BCUT2D eigenvalue weighted by molar-refractivity contribution is -0.118. The highest BCUT2D eigenvalue weighted by molar-refractivity contribution is 7.22. The predicted octanol–water partition coefficient (Wildman–Crippen LogP) is 2.21. The van der Waals surface area contributed by atoms with Crippen molar-refractivity contribution in [3.8, 4) is 0 Å². The normalized spacial score (nSPS) is 12.7. The lowest BCUT2D eigenvalue weighted by atomic mass is 10.1. The molecule has 0 spiro atoms. The summed E-state index contributed by atoms with van der Waals surface area (Å²) >= 11 is 0. The zero-order valence-corrected chi connectivity index (χ0v) is 13.5. The number of aldehydes is 1. The minimum atomic E-state index is -2.50. The van der Waals surface area contributed by atoms with E-state index in [4.69, 9.17) is 0 Å². The zero-order chi connectivity index (χ0) is 15.3. The van der Waals surface area contributed by atoms with Gasteiger partial charge in [-0.3, -0.25) is 0 Å². The molecule has 0 aliphatic carbocycles. The van der Waals surface area contributed by atoms with Crippen LogP contribution in [-0.2, 0) is 9.59 Å². The Balaban J connectivity index is 2.55. The maximum absolute atomic E-state index is 13.1. The molecule has 1 atom stereocenters. The first-order valence-corrected chi connectivity index (χ1v) is 9.69. The van der Waals surface area contributed by atoms with Gasteiger partial charge in [-0.1, -0.05) is 74.1 Å². The van der Waals surface area contributed by atoms with Gasteiger partial charge in [-0.2, -0.15) is 0 Å². The van der Waals surface area contributed by atoms with E-state index in [0.29, 0.717) is 6.42 Å². The van der Waals surface area contributed by atoms with E-state index >= 15 is 0 Å². The highest BCUT2D eigenvalue weighted by Gasteiger charge is 2.41.